The zero-order chi connectivity index (χ0) is 13.6. The summed E-state index contributed by atoms with van der Waals surface area (Å²) in [5.41, 5.74) is 0. The fourth-order valence-corrected chi connectivity index (χ4v) is 2.20. The molecule has 0 saturated heterocycles. The number of halogens is 6. The fourth-order valence-electron chi connectivity index (χ4n) is 0.327. The van der Waals surface area contributed by atoms with Gasteiger partial charge in [-0.05, 0) is 0 Å². The first-order chi connectivity index (χ1) is 6.83. The van der Waals surface area contributed by atoms with Crippen LogP contribution in [0.25, 0.3) is 0 Å². The van der Waals surface area contributed by atoms with Crippen molar-refractivity contribution in [1.82, 2.24) is 0 Å². The van der Waals surface area contributed by atoms with Crippen molar-refractivity contribution in [2.75, 3.05) is 0 Å². The summed E-state index contributed by atoms with van der Waals surface area (Å²) in [7, 11) is 0. The van der Waals surface area contributed by atoms with E-state index in [9.17, 15) is 19.8 Å². The number of aliphatic carboxylic acids is 2. The van der Waals surface area contributed by atoms with Crippen LogP contribution < -0.4 is 10.2 Å². The van der Waals surface area contributed by atoms with Gasteiger partial charge in [0, 0.05) is 24.8 Å². The minimum Gasteiger partial charge on any atom is -0.550 e. The van der Waals surface area contributed by atoms with Crippen molar-refractivity contribution < 1.29 is 39.3 Å². The number of rotatable bonds is 4. The zero-order valence-electron chi connectivity index (χ0n) is 8.02. The van der Waals surface area contributed by atoms with E-state index in [0.29, 0.717) is 0 Å². The number of carbonyl (C=O) groups excluding carboxylic acids is 2. The second-order valence-corrected chi connectivity index (χ2v) is 25.8. The van der Waals surface area contributed by atoms with Crippen LogP contribution in [0.3, 0.4) is 0 Å². The minimum atomic E-state index is -0.997. The van der Waals surface area contributed by atoms with Crippen LogP contribution in [0.5, 0.6) is 0 Å². The van der Waals surface area contributed by atoms with E-state index >= 15 is 0 Å². The van der Waals surface area contributed by atoms with Crippen LogP contribution in [0.4, 0.5) is 0 Å². The van der Waals surface area contributed by atoms with Gasteiger partial charge >= 0.3 is 19.5 Å². The number of carboxylic acid groups (broad SMARTS) is 2. The van der Waals surface area contributed by atoms with Gasteiger partial charge in [0.2, 0.25) is 0 Å². The van der Waals surface area contributed by atoms with E-state index in [1.807, 2.05) is 136 Å². The molecular formula is C6H4I6O4Zn. The van der Waals surface area contributed by atoms with Crippen molar-refractivity contribution in [2.24, 2.45) is 0 Å². The predicted molar refractivity (Wildman–Crippen MR) is 109 cm³/mol. The van der Waals surface area contributed by atoms with Crippen LogP contribution in [0, 0.1) is 0 Å². The van der Waals surface area contributed by atoms with E-state index in [1.165, 1.54) is 0 Å². The Morgan fingerprint density at radius 3 is 0.941 bits per heavy atom. The molecule has 0 aromatic carbocycles. The quantitative estimate of drug-likeness (QED) is 0.246. The third-order valence-electron chi connectivity index (χ3n) is 0.690. The Hall–Kier alpha value is 3.94. The summed E-state index contributed by atoms with van der Waals surface area (Å²) >= 11 is 12.3. The molecule has 0 atom stereocenters. The van der Waals surface area contributed by atoms with E-state index in [4.69, 9.17) is 0 Å². The van der Waals surface area contributed by atoms with Gasteiger partial charge in [-0.1, -0.05) is 136 Å². The van der Waals surface area contributed by atoms with Crippen LogP contribution in [0.15, 0.2) is 0 Å². The van der Waals surface area contributed by atoms with E-state index in [2.05, 4.69) is 0 Å². The van der Waals surface area contributed by atoms with Gasteiger partial charge in [0.05, 0.1) is 0 Å². The molecule has 0 rings (SSSR count). The average Bonchev–Trinajstić information content (AvgIpc) is 1.72. The predicted octanol–water partition coefficient (Wildman–Crippen LogP) is 2.17. The molecule has 0 heterocycles. The Kier molecular flexibility index (Phi) is 19.0. The maximum atomic E-state index is 9.89. The van der Waals surface area contributed by atoms with E-state index < -0.39 is 11.9 Å². The molecule has 0 amide bonds. The Morgan fingerprint density at radius 2 is 0.941 bits per heavy atom. The molecule has 0 fully saturated rings. The molecule has 4 nitrogen and oxygen atoms in total. The monoisotopic (exact) mass is 965 g/mol. The summed E-state index contributed by atoms with van der Waals surface area (Å²) in [6.45, 7) is 0. The molecule has 0 N–H and O–H groups in total. The molecule has 0 bridgehead atoms. The maximum absolute atomic E-state index is 9.89. The summed E-state index contributed by atoms with van der Waals surface area (Å²) in [6.07, 6.45) is 0.184. The maximum Gasteiger partial charge on any atom is 2.00 e. The zero-order valence-corrected chi connectivity index (χ0v) is 23.9. The van der Waals surface area contributed by atoms with Crippen molar-refractivity contribution in [1.29, 1.82) is 0 Å². The molecular weight excluding hydrogens is 963 g/mol. The standard InChI is InChI=1S/2C3H3I3O2.Zn/c2*4-3(5,6)1-2(7)8;/h2*1H2,(H,7,8);/q;;+2/p-2. The summed E-state index contributed by atoms with van der Waals surface area (Å²) < 4.78 is -0.460. The molecule has 0 aliphatic heterocycles. The molecule has 0 aromatic heterocycles. The first-order valence-electron chi connectivity index (χ1n) is 3.36. The summed E-state index contributed by atoms with van der Waals surface area (Å²) in [6, 6.07) is 0. The van der Waals surface area contributed by atoms with Crippen LogP contribution in [0.2, 0.25) is 0 Å². The van der Waals surface area contributed by atoms with Crippen LogP contribution >= 0.6 is 136 Å². The van der Waals surface area contributed by atoms with Crippen molar-refractivity contribution in [3.05, 3.63) is 0 Å². The molecule has 96 valence electrons. The largest absolute Gasteiger partial charge is 2.00 e. The number of carboxylic acids is 2. The Bertz CT molecular complexity index is 222. The van der Waals surface area contributed by atoms with Gasteiger partial charge in [-0.3, -0.25) is 0 Å². The van der Waals surface area contributed by atoms with Crippen LogP contribution in [0.1, 0.15) is 12.8 Å². The first-order valence-corrected chi connectivity index (χ1v) is 9.84. The molecule has 0 radical (unpaired) electrons. The SMILES string of the molecule is O=C([O-])CC(I)(I)I.O=C([O-])CC(I)(I)I.[Zn+2]. The van der Waals surface area contributed by atoms with Crippen molar-refractivity contribution in [2.45, 2.75) is 11.7 Å². The van der Waals surface area contributed by atoms with Crippen LogP contribution in [-0.2, 0) is 29.1 Å². The first kappa shape index (κ1) is 25.9. The molecule has 0 aliphatic carbocycles. The van der Waals surface area contributed by atoms with Gasteiger partial charge in [0.15, 0.2) is 0 Å². The molecule has 0 aromatic rings. The van der Waals surface area contributed by atoms with E-state index in [0.717, 1.165) is 0 Å². The van der Waals surface area contributed by atoms with Gasteiger partial charge in [-0.15, -0.1) is 0 Å². The molecule has 0 aliphatic rings. The molecule has 0 saturated carbocycles. The Labute approximate surface area is 194 Å². The van der Waals surface area contributed by atoms with Gasteiger partial charge in [-0.25, -0.2) is 0 Å². The number of hydrogen-bond acceptors (Lipinski definition) is 4. The summed E-state index contributed by atoms with van der Waals surface area (Å²) in [5.74, 6) is -1.99. The van der Waals surface area contributed by atoms with Gasteiger partial charge in [-0.2, -0.15) is 0 Å². The third-order valence-corrected chi connectivity index (χ3v) is 2.98. The average molecular weight is 967 g/mol. The number of hydrogen-bond donors (Lipinski definition) is 0. The van der Waals surface area contributed by atoms with Crippen molar-refractivity contribution >= 4 is 147 Å². The molecule has 0 spiro atoms. The van der Waals surface area contributed by atoms with Gasteiger partial charge in [0.25, 0.3) is 0 Å². The molecule has 17 heavy (non-hydrogen) atoms. The number of alkyl halides is 6. The fraction of sp³-hybridized carbons (Fsp3) is 0.667. The summed E-state index contributed by atoms with van der Waals surface area (Å²) in [4.78, 5) is 19.8. The van der Waals surface area contributed by atoms with E-state index in [-0.39, 0.29) is 31.2 Å². The smallest absolute Gasteiger partial charge is 0.550 e. The van der Waals surface area contributed by atoms with Crippen molar-refractivity contribution in [3.63, 3.8) is 0 Å². The van der Waals surface area contributed by atoms with Crippen molar-refractivity contribution in [3.8, 4) is 0 Å². The van der Waals surface area contributed by atoms with Gasteiger partial charge in [0.1, 0.15) is -1.13 Å². The Balaban J connectivity index is -0.000000218. The second kappa shape index (κ2) is 12.5. The molecule has 0 unspecified atom stereocenters. The normalized spacial score (nSPS) is 10.7. The third kappa shape index (κ3) is 33.0. The van der Waals surface area contributed by atoms with Gasteiger partial charge < -0.3 is 19.8 Å². The topological polar surface area (TPSA) is 80.3 Å². The molecule has 11 heteroatoms. The minimum absolute atomic E-state index is 0. The second-order valence-electron chi connectivity index (χ2n) is 2.33. The summed E-state index contributed by atoms with van der Waals surface area (Å²) in [5, 5.41) is 19.8. The van der Waals surface area contributed by atoms with Crippen LogP contribution in [-0.4, -0.2) is 10.8 Å². The Morgan fingerprint density at radius 1 is 0.765 bits per heavy atom. The number of carbonyl (C=O) groups is 2. The van der Waals surface area contributed by atoms with E-state index in [1.54, 1.807) is 0 Å².